The summed E-state index contributed by atoms with van der Waals surface area (Å²) in [5, 5.41) is 10.1. The molecule has 5 rings (SSSR count). The second-order valence-electron chi connectivity index (χ2n) is 10.4. The third-order valence-electron chi connectivity index (χ3n) is 7.80. The molecule has 0 bridgehead atoms. The standard InChI is InChI=1S/C31H32F4O3/c1-2-3-25(36)21-10-8-20(9-11-21)23-14-15-26(31(35)29(23)33)37-16-18-4-6-19(7-5-18)22-12-13-24(27-17-38-27)30(34)28(22)32/h8-15,18-19,25,27,36H,2-7,16-17H2,1H3. The molecule has 3 aromatic rings. The number of rotatable bonds is 9. The number of hydrogen-bond acceptors (Lipinski definition) is 3. The van der Waals surface area contributed by atoms with Crippen LogP contribution in [0.2, 0.25) is 0 Å². The Bertz CT molecular complexity index is 1270. The first kappa shape index (κ1) is 26.7. The van der Waals surface area contributed by atoms with Crippen LogP contribution in [0.3, 0.4) is 0 Å². The molecule has 1 saturated carbocycles. The molecule has 0 spiro atoms. The third-order valence-corrected chi connectivity index (χ3v) is 7.80. The molecule has 2 atom stereocenters. The lowest BCUT2D eigenvalue weighted by Gasteiger charge is -2.29. The predicted molar refractivity (Wildman–Crippen MR) is 137 cm³/mol. The van der Waals surface area contributed by atoms with Gasteiger partial charge >= 0.3 is 0 Å². The minimum absolute atomic E-state index is 0.0853. The van der Waals surface area contributed by atoms with Crippen molar-refractivity contribution >= 4 is 0 Å². The number of benzene rings is 3. The van der Waals surface area contributed by atoms with E-state index in [4.69, 9.17) is 9.47 Å². The van der Waals surface area contributed by atoms with Crippen molar-refractivity contribution in [1.29, 1.82) is 0 Å². The number of epoxide rings is 1. The topological polar surface area (TPSA) is 42.0 Å². The SMILES string of the molecule is CCCC(O)c1ccc(-c2ccc(OCC3CCC(c4ccc(C5CO5)c(F)c4F)CC3)c(F)c2F)cc1. The van der Waals surface area contributed by atoms with Gasteiger partial charge in [-0.05, 0) is 72.8 Å². The first-order valence-electron chi connectivity index (χ1n) is 13.4. The summed E-state index contributed by atoms with van der Waals surface area (Å²) in [6, 6.07) is 13.0. The highest BCUT2D eigenvalue weighted by atomic mass is 19.2. The summed E-state index contributed by atoms with van der Waals surface area (Å²) >= 11 is 0. The third kappa shape index (κ3) is 5.59. The summed E-state index contributed by atoms with van der Waals surface area (Å²) in [6.07, 6.45) is 3.34. The van der Waals surface area contributed by atoms with Gasteiger partial charge in [0.2, 0.25) is 5.82 Å². The highest BCUT2D eigenvalue weighted by molar-refractivity contribution is 5.65. The largest absolute Gasteiger partial charge is 0.490 e. The summed E-state index contributed by atoms with van der Waals surface area (Å²) in [7, 11) is 0. The van der Waals surface area contributed by atoms with Crippen LogP contribution in [0.5, 0.6) is 5.75 Å². The number of hydrogen-bond donors (Lipinski definition) is 1. The quantitative estimate of drug-likeness (QED) is 0.225. The van der Waals surface area contributed by atoms with Crippen LogP contribution in [-0.4, -0.2) is 18.3 Å². The molecule has 0 amide bonds. The van der Waals surface area contributed by atoms with E-state index in [1.807, 2.05) is 6.92 Å². The second-order valence-corrected chi connectivity index (χ2v) is 10.4. The molecular weight excluding hydrogens is 496 g/mol. The zero-order valence-electron chi connectivity index (χ0n) is 21.4. The molecule has 2 unspecified atom stereocenters. The van der Waals surface area contributed by atoms with Crippen molar-refractivity contribution in [2.24, 2.45) is 5.92 Å². The summed E-state index contributed by atoms with van der Waals surface area (Å²) in [5.41, 5.74) is 2.05. The van der Waals surface area contributed by atoms with E-state index < -0.39 is 29.4 Å². The van der Waals surface area contributed by atoms with Crippen molar-refractivity contribution in [3.63, 3.8) is 0 Å². The zero-order chi connectivity index (χ0) is 26.8. The molecule has 1 saturated heterocycles. The lowest BCUT2D eigenvalue weighted by molar-refractivity contribution is 0.166. The van der Waals surface area contributed by atoms with Gasteiger partial charge in [-0.1, -0.05) is 49.7 Å². The Labute approximate surface area is 220 Å². The highest BCUT2D eigenvalue weighted by Gasteiger charge is 2.32. The molecule has 1 aliphatic carbocycles. The molecule has 1 heterocycles. The number of halogens is 4. The minimum Gasteiger partial charge on any atom is -0.490 e. The van der Waals surface area contributed by atoms with Crippen molar-refractivity contribution in [2.75, 3.05) is 13.2 Å². The highest BCUT2D eigenvalue weighted by Crippen LogP contribution is 2.40. The first-order chi connectivity index (χ1) is 18.4. The fraction of sp³-hybridized carbons (Fsp3) is 0.419. The van der Waals surface area contributed by atoms with E-state index in [0.29, 0.717) is 37.0 Å². The van der Waals surface area contributed by atoms with Crippen LogP contribution in [0, 0.1) is 29.2 Å². The van der Waals surface area contributed by atoms with E-state index >= 15 is 0 Å². The molecule has 2 aliphatic rings. The maximum Gasteiger partial charge on any atom is 0.201 e. The van der Waals surface area contributed by atoms with Gasteiger partial charge < -0.3 is 14.6 Å². The maximum atomic E-state index is 14.9. The Kier molecular flexibility index (Phi) is 8.05. The van der Waals surface area contributed by atoms with Crippen LogP contribution in [-0.2, 0) is 4.74 Å². The monoisotopic (exact) mass is 528 g/mol. The molecule has 0 radical (unpaired) electrons. The molecule has 202 valence electrons. The second kappa shape index (κ2) is 11.5. The van der Waals surface area contributed by atoms with Crippen LogP contribution < -0.4 is 4.74 Å². The van der Waals surface area contributed by atoms with Gasteiger partial charge in [-0.15, -0.1) is 0 Å². The molecule has 1 N–H and O–H groups in total. The summed E-state index contributed by atoms with van der Waals surface area (Å²) in [6.45, 7) is 2.63. The summed E-state index contributed by atoms with van der Waals surface area (Å²) in [4.78, 5) is 0. The van der Waals surface area contributed by atoms with Crippen LogP contribution in [0.25, 0.3) is 11.1 Å². The van der Waals surface area contributed by atoms with Crippen molar-refractivity contribution in [3.8, 4) is 16.9 Å². The van der Waals surface area contributed by atoms with Gasteiger partial charge in [0.05, 0.1) is 19.3 Å². The lowest BCUT2D eigenvalue weighted by Crippen LogP contribution is -2.20. The number of ether oxygens (including phenoxy) is 2. The zero-order valence-corrected chi connectivity index (χ0v) is 21.4. The molecule has 7 heteroatoms. The molecule has 0 aromatic heterocycles. The molecule has 3 aromatic carbocycles. The smallest absolute Gasteiger partial charge is 0.201 e. The van der Waals surface area contributed by atoms with E-state index in [-0.39, 0.29) is 41.4 Å². The van der Waals surface area contributed by atoms with Crippen LogP contribution in [0.15, 0.2) is 48.5 Å². The molecule has 2 fully saturated rings. The van der Waals surface area contributed by atoms with Crippen LogP contribution in [0.1, 0.15) is 80.3 Å². The van der Waals surface area contributed by atoms with Gasteiger partial charge in [0, 0.05) is 11.1 Å². The first-order valence-corrected chi connectivity index (χ1v) is 13.4. The van der Waals surface area contributed by atoms with Gasteiger partial charge in [-0.25, -0.2) is 13.2 Å². The van der Waals surface area contributed by atoms with Gasteiger partial charge in [0.25, 0.3) is 0 Å². The molecule has 3 nitrogen and oxygen atoms in total. The van der Waals surface area contributed by atoms with Gasteiger partial charge in [0.1, 0.15) is 6.10 Å². The van der Waals surface area contributed by atoms with Crippen molar-refractivity contribution < 1.29 is 32.1 Å². The number of aliphatic hydroxyl groups excluding tert-OH is 1. The number of aliphatic hydroxyl groups is 1. The average Bonchev–Trinajstić information content (AvgIpc) is 3.77. The molecular formula is C31H32F4O3. The Hall–Kier alpha value is -2.90. The Morgan fingerprint density at radius 3 is 2.16 bits per heavy atom. The van der Waals surface area contributed by atoms with Crippen molar-refractivity contribution in [3.05, 3.63) is 88.5 Å². The van der Waals surface area contributed by atoms with Crippen molar-refractivity contribution in [1.82, 2.24) is 0 Å². The molecule has 38 heavy (non-hydrogen) atoms. The summed E-state index contributed by atoms with van der Waals surface area (Å²) in [5.74, 6) is -3.74. The fourth-order valence-electron chi connectivity index (χ4n) is 5.41. The van der Waals surface area contributed by atoms with E-state index in [0.717, 1.165) is 24.8 Å². The maximum absolute atomic E-state index is 14.9. The lowest BCUT2D eigenvalue weighted by atomic mass is 9.78. The summed E-state index contributed by atoms with van der Waals surface area (Å²) < 4.78 is 69.6. The van der Waals surface area contributed by atoms with Gasteiger partial charge in [-0.3, -0.25) is 0 Å². The normalized spacial score (nSPS) is 21.8. The van der Waals surface area contributed by atoms with Crippen LogP contribution >= 0.6 is 0 Å². The molecule has 1 aliphatic heterocycles. The van der Waals surface area contributed by atoms with E-state index in [1.54, 1.807) is 36.4 Å². The van der Waals surface area contributed by atoms with E-state index in [1.165, 1.54) is 12.1 Å². The predicted octanol–water partition coefficient (Wildman–Crippen LogP) is 8.17. The Morgan fingerprint density at radius 1 is 0.842 bits per heavy atom. The van der Waals surface area contributed by atoms with E-state index in [2.05, 4.69) is 0 Å². The van der Waals surface area contributed by atoms with E-state index in [9.17, 15) is 22.7 Å². The fourth-order valence-corrected chi connectivity index (χ4v) is 5.41. The Balaban J connectivity index is 1.18. The van der Waals surface area contributed by atoms with Gasteiger partial charge in [-0.2, -0.15) is 4.39 Å². The van der Waals surface area contributed by atoms with Crippen molar-refractivity contribution in [2.45, 2.75) is 63.6 Å². The minimum atomic E-state index is -1.04. The van der Waals surface area contributed by atoms with Gasteiger partial charge in [0.15, 0.2) is 23.2 Å². The average molecular weight is 529 g/mol. The Morgan fingerprint density at radius 2 is 1.50 bits per heavy atom. The van der Waals surface area contributed by atoms with Crippen LogP contribution in [0.4, 0.5) is 17.6 Å².